The number of methoxy groups -OCH3 is 1. The molecule has 10 nitrogen and oxygen atoms in total. The predicted molar refractivity (Wildman–Crippen MR) is 217 cm³/mol. The second-order valence-corrected chi connectivity index (χ2v) is 14.7. The van der Waals surface area contributed by atoms with E-state index in [2.05, 4.69) is 20.2 Å². The summed E-state index contributed by atoms with van der Waals surface area (Å²) in [7, 11) is 1.23. The minimum Gasteiger partial charge on any atom is -0.467 e. The molecule has 4 fully saturated rings. The summed E-state index contributed by atoms with van der Waals surface area (Å²) in [6.07, 6.45) is 3.60. The van der Waals surface area contributed by atoms with E-state index in [-0.39, 0.29) is 62.2 Å². The van der Waals surface area contributed by atoms with Crippen molar-refractivity contribution < 1.29 is 40.6 Å². The molecule has 1 saturated carbocycles. The number of alkyl halides is 4. The van der Waals surface area contributed by atoms with Gasteiger partial charge in [0.05, 0.1) is 22.9 Å². The van der Waals surface area contributed by atoms with Crippen LogP contribution in [0.5, 0.6) is 6.01 Å². The van der Waals surface area contributed by atoms with Crippen LogP contribution in [0.25, 0.3) is 32.1 Å². The lowest BCUT2D eigenvalue weighted by atomic mass is 9.92. The molecule has 8 rings (SSSR count). The highest BCUT2D eigenvalue weighted by atomic mass is 32.1. The summed E-state index contributed by atoms with van der Waals surface area (Å²) in [5.74, 6) is -2.15. The van der Waals surface area contributed by atoms with E-state index in [0.717, 1.165) is 69.9 Å². The van der Waals surface area contributed by atoms with Crippen LogP contribution in [0.1, 0.15) is 97.1 Å². The second-order valence-electron chi connectivity index (χ2n) is 13.6. The number of aromatic nitrogens is 2. The van der Waals surface area contributed by atoms with E-state index in [4.69, 9.17) is 15.2 Å². The lowest BCUT2D eigenvalue weighted by Gasteiger charge is -2.27. The number of ether oxygens (including phenoxy) is 2. The van der Waals surface area contributed by atoms with Crippen molar-refractivity contribution >= 4 is 49.2 Å². The number of likely N-dealkylation sites (tertiary alicyclic amines) is 1. The minimum absolute atomic E-state index is 0.0444. The van der Waals surface area contributed by atoms with Crippen molar-refractivity contribution in [2.75, 3.05) is 50.9 Å². The largest absolute Gasteiger partial charge is 0.467 e. The highest BCUT2D eigenvalue weighted by molar-refractivity contribution is 7.23. The number of carbonyl (C=O) groups excluding carboxylic acids is 1. The van der Waals surface area contributed by atoms with Gasteiger partial charge in [-0.1, -0.05) is 33.8 Å². The first-order chi connectivity index (χ1) is 27.8. The number of nitrogens with two attached hydrogens (primary N) is 1. The van der Waals surface area contributed by atoms with Gasteiger partial charge in [-0.2, -0.15) is 28.4 Å². The number of nitrogens with one attached hydrogen (secondary N) is 1. The van der Waals surface area contributed by atoms with Crippen molar-refractivity contribution in [2.24, 2.45) is 0 Å². The van der Waals surface area contributed by atoms with E-state index >= 15 is 4.39 Å². The maximum absolute atomic E-state index is 15.9. The number of thiophene rings is 1. The molecule has 2 aromatic heterocycles. The van der Waals surface area contributed by atoms with E-state index < -0.39 is 40.6 Å². The van der Waals surface area contributed by atoms with Crippen LogP contribution in [0.15, 0.2) is 18.2 Å². The lowest BCUT2D eigenvalue weighted by Crippen LogP contribution is -2.34. The summed E-state index contributed by atoms with van der Waals surface area (Å²) in [6, 6.07) is 4.75. The fraction of sp³-hybridized carbons (Fsp3) is 0.561. The van der Waals surface area contributed by atoms with Crippen LogP contribution in [0, 0.1) is 23.0 Å². The van der Waals surface area contributed by atoms with Gasteiger partial charge in [0.25, 0.3) is 0 Å². The molecule has 0 bridgehead atoms. The van der Waals surface area contributed by atoms with Crippen LogP contribution in [-0.4, -0.2) is 84.0 Å². The van der Waals surface area contributed by atoms with Gasteiger partial charge in [0, 0.05) is 48.6 Å². The number of nitrogen functional groups attached to an aromatic ring is 1. The molecule has 58 heavy (non-hydrogen) atoms. The first kappa shape index (κ1) is 46.1. The van der Waals surface area contributed by atoms with Gasteiger partial charge < -0.3 is 25.4 Å². The van der Waals surface area contributed by atoms with Crippen LogP contribution in [0.2, 0.25) is 0 Å². The Kier molecular flexibility index (Phi) is 16.6. The molecule has 3 aliphatic heterocycles. The maximum Gasteiger partial charge on any atom is 0.417 e. The highest BCUT2D eigenvalue weighted by Crippen LogP contribution is 2.47. The number of hydrogen-bond acceptors (Lipinski definition) is 10. The number of anilines is 2. The number of nitrogens with zero attached hydrogens (tertiary/aromatic N) is 5. The van der Waals surface area contributed by atoms with Crippen molar-refractivity contribution in [3.05, 3.63) is 41.0 Å². The van der Waals surface area contributed by atoms with Crippen molar-refractivity contribution in [1.29, 1.82) is 5.26 Å². The Morgan fingerprint density at radius 3 is 2.31 bits per heavy atom. The van der Waals surface area contributed by atoms with Crippen molar-refractivity contribution in [3.8, 4) is 23.2 Å². The molecule has 17 heteroatoms. The third kappa shape index (κ3) is 10.4. The molecule has 1 amide bonds. The van der Waals surface area contributed by atoms with Crippen LogP contribution in [-0.2, 0) is 10.9 Å². The molecule has 2 unspecified atom stereocenters. The van der Waals surface area contributed by atoms with E-state index in [1.54, 1.807) is 13.0 Å². The van der Waals surface area contributed by atoms with Gasteiger partial charge in [0.15, 0.2) is 5.82 Å². The number of amides is 1. The van der Waals surface area contributed by atoms with Crippen LogP contribution >= 0.6 is 11.3 Å². The number of nitriles is 1. The van der Waals surface area contributed by atoms with Crippen LogP contribution < -0.4 is 15.8 Å². The molecular formula is C41H53F6N7O3S. The van der Waals surface area contributed by atoms with E-state index in [9.17, 15) is 32.0 Å². The first-order valence-electron chi connectivity index (χ1n) is 20.0. The van der Waals surface area contributed by atoms with Gasteiger partial charge in [-0.3, -0.25) is 4.90 Å². The third-order valence-electron chi connectivity index (χ3n) is 10.1. The third-order valence-corrected chi connectivity index (χ3v) is 11.1. The van der Waals surface area contributed by atoms with Gasteiger partial charge in [-0.25, -0.2) is 18.0 Å². The smallest absolute Gasteiger partial charge is 0.417 e. The Bertz CT molecular complexity index is 2040. The van der Waals surface area contributed by atoms with Gasteiger partial charge in [-0.15, -0.1) is 11.3 Å². The molecule has 0 radical (unpaired) electrons. The Morgan fingerprint density at radius 1 is 1.05 bits per heavy atom. The molecular weight excluding hydrogens is 785 g/mol. The molecule has 5 heterocycles. The SMILES string of the molecule is CC.CC.CCNc1nc(OC)nc2c(F)c(-c3ccc(F)c4sc(N)c(C#N)c34)c(C(F)(F)F)cc12.FC1CC2CCCN2C1.O=C(OC1CCC1)N1CCCC1. The number of fused-ring (bicyclic) bond motifs is 3. The zero-order valence-electron chi connectivity index (χ0n) is 33.9. The average molecular weight is 838 g/mol. The van der Waals surface area contributed by atoms with Crippen molar-refractivity contribution in [3.63, 3.8) is 0 Å². The number of rotatable bonds is 5. The summed E-state index contributed by atoms with van der Waals surface area (Å²) >= 11 is 0.698. The van der Waals surface area contributed by atoms with Gasteiger partial charge >= 0.3 is 18.3 Å². The topological polar surface area (TPSA) is 130 Å². The molecule has 4 aliphatic rings. The van der Waals surface area contributed by atoms with E-state index in [1.807, 2.05) is 32.6 Å². The molecule has 3 saturated heterocycles. The molecule has 0 spiro atoms. The number of benzene rings is 2. The lowest BCUT2D eigenvalue weighted by molar-refractivity contribution is -0.137. The average Bonchev–Trinajstić information content (AvgIpc) is 4.01. The summed E-state index contributed by atoms with van der Waals surface area (Å²) in [6.45, 7) is 13.6. The van der Waals surface area contributed by atoms with Crippen molar-refractivity contribution in [2.45, 2.75) is 110 Å². The van der Waals surface area contributed by atoms with Gasteiger partial charge in [0.2, 0.25) is 0 Å². The Hall–Kier alpha value is -4.56. The Labute approximate surface area is 339 Å². The number of hydrogen-bond donors (Lipinski definition) is 2. The summed E-state index contributed by atoms with van der Waals surface area (Å²) in [4.78, 5) is 23.3. The molecule has 2 aromatic carbocycles. The van der Waals surface area contributed by atoms with Crippen molar-refractivity contribution in [1.82, 2.24) is 19.8 Å². The molecule has 1 aliphatic carbocycles. The standard InChI is InChI=1S/C21H14F5N5OS.C9H15NO2.C7H12FN.2C2H6/c1-3-29-19-9-6-11(21(24,25)26)14(15(23)16(9)30-20(31-19)32-2)8-4-5-12(22)17-13(8)10(7-27)18(28)33-17;11-9(10-6-1-2-7-10)12-8-4-3-5-8;8-6-4-7-2-1-3-9(7)5-6;2*1-2/h4-6H,3,28H2,1-2H3,(H,29,30,31);8H,1-7H2;6-7H,1-5H2;2*1-2H3. The Balaban J connectivity index is 0.000000239. The van der Waals surface area contributed by atoms with Crippen LogP contribution in [0.4, 0.5) is 42.0 Å². The van der Waals surface area contributed by atoms with Gasteiger partial charge in [-0.05, 0) is 82.5 Å². The maximum atomic E-state index is 15.9. The minimum atomic E-state index is -5.00. The van der Waals surface area contributed by atoms with Crippen LogP contribution in [0.3, 0.4) is 0 Å². The quantitative estimate of drug-likeness (QED) is 0.189. The fourth-order valence-electron chi connectivity index (χ4n) is 7.23. The van der Waals surface area contributed by atoms with Gasteiger partial charge in [0.1, 0.15) is 40.5 Å². The number of carbonyl (C=O) groups is 1. The molecule has 3 N–H and O–H groups in total. The summed E-state index contributed by atoms with van der Waals surface area (Å²) in [5.41, 5.74) is 2.59. The zero-order chi connectivity index (χ0) is 42.7. The predicted octanol–water partition coefficient (Wildman–Crippen LogP) is 10.7. The second kappa shape index (κ2) is 20.9. The molecule has 4 aromatic rings. The summed E-state index contributed by atoms with van der Waals surface area (Å²) < 4.78 is 95.5. The zero-order valence-corrected chi connectivity index (χ0v) is 34.7. The monoisotopic (exact) mass is 837 g/mol. The highest BCUT2D eigenvalue weighted by Gasteiger charge is 2.38. The first-order valence-corrected chi connectivity index (χ1v) is 20.8. The fourth-order valence-corrected chi connectivity index (χ4v) is 8.18. The molecule has 318 valence electrons. The Morgan fingerprint density at radius 2 is 1.74 bits per heavy atom. The number of halogens is 6. The summed E-state index contributed by atoms with van der Waals surface area (Å²) in [5, 5.41) is 11.8. The molecule has 2 atom stereocenters. The van der Waals surface area contributed by atoms with E-state index in [1.165, 1.54) is 26.4 Å². The van der Waals surface area contributed by atoms with E-state index in [0.29, 0.717) is 23.9 Å². The normalized spacial score (nSPS) is 18.6.